The summed E-state index contributed by atoms with van der Waals surface area (Å²) in [6.45, 7) is 5.59. The number of sulfonamides is 1. The SMILES string of the molecule is Cc1ccc(C)c(S(=O)(=O)Nc2cccc(Nc3nc(C)cs3)c2)c1. The van der Waals surface area contributed by atoms with Crippen molar-refractivity contribution in [1.29, 1.82) is 0 Å². The summed E-state index contributed by atoms with van der Waals surface area (Å²) in [7, 11) is -3.64. The molecule has 5 nitrogen and oxygen atoms in total. The highest BCUT2D eigenvalue weighted by molar-refractivity contribution is 7.92. The first-order chi connectivity index (χ1) is 11.8. The number of thiazole rings is 1. The van der Waals surface area contributed by atoms with Gasteiger partial charge in [0.2, 0.25) is 0 Å². The summed E-state index contributed by atoms with van der Waals surface area (Å²) >= 11 is 1.50. The summed E-state index contributed by atoms with van der Waals surface area (Å²) in [5, 5.41) is 5.91. The van der Waals surface area contributed by atoms with Crippen LogP contribution in [-0.4, -0.2) is 13.4 Å². The van der Waals surface area contributed by atoms with Crippen LogP contribution in [-0.2, 0) is 10.0 Å². The van der Waals surface area contributed by atoms with E-state index in [-0.39, 0.29) is 0 Å². The molecular weight excluding hydrogens is 354 g/mol. The van der Waals surface area contributed by atoms with E-state index in [1.165, 1.54) is 11.3 Å². The van der Waals surface area contributed by atoms with Crippen LogP contribution in [0.5, 0.6) is 0 Å². The van der Waals surface area contributed by atoms with Crippen LogP contribution in [0.1, 0.15) is 16.8 Å². The van der Waals surface area contributed by atoms with Crippen LogP contribution in [0.3, 0.4) is 0 Å². The lowest BCUT2D eigenvalue weighted by Crippen LogP contribution is -2.14. The van der Waals surface area contributed by atoms with Gasteiger partial charge >= 0.3 is 0 Å². The van der Waals surface area contributed by atoms with Gasteiger partial charge in [0.05, 0.1) is 16.3 Å². The molecule has 0 radical (unpaired) electrons. The predicted octanol–water partition coefficient (Wildman–Crippen LogP) is 4.61. The lowest BCUT2D eigenvalue weighted by Gasteiger charge is -2.12. The van der Waals surface area contributed by atoms with E-state index in [2.05, 4.69) is 15.0 Å². The molecule has 0 bridgehead atoms. The maximum absolute atomic E-state index is 12.7. The number of anilines is 3. The first-order valence-electron chi connectivity index (χ1n) is 7.73. The molecule has 2 aromatic carbocycles. The van der Waals surface area contributed by atoms with Gasteiger partial charge < -0.3 is 5.32 Å². The van der Waals surface area contributed by atoms with Gasteiger partial charge in [-0.2, -0.15) is 0 Å². The average Bonchev–Trinajstić information content (AvgIpc) is 2.94. The van der Waals surface area contributed by atoms with Gasteiger partial charge in [0, 0.05) is 11.1 Å². The van der Waals surface area contributed by atoms with Crippen LogP contribution >= 0.6 is 11.3 Å². The molecule has 7 heteroatoms. The average molecular weight is 374 g/mol. The second-order valence-electron chi connectivity index (χ2n) is 5.87. The third kappa shape index (κ3) is 4.18. The van der Waals surface area contributed by atoms with Crippen LogP contribution in [0.4, 0.5) is 16.5 Å². The maximum Gasteiger partial charge on any atom is 0.262 e. The van der Waals surface area contributed by atoms with Gasteiger partial charge in [-0.15, -0.1) is 11.3 Å². The Balaban J connectivity index is 1.85. The standard InChI is InChI=1S/C18H19N3O2S2/c1-12-7-8-13(2)17(9-12)25(22,23)21-16-6-4-5-15(10-16)20-18-19-14(3)11-24-18/h4-11,21H,1-3H3,(H,19,20). The Morgan fingerprint density at radius 1 is 1.00 bits per heavy atom. The molecule has 0 saturated carbocycles. The maximum atomic E-state index is 12.7. The first-order valence-corrected chi connectivity index (χ1v) is 10.1. The van der Waals surface area contributed by atoms with Crippen molar-refractivity contribution in [2.45, 2.75) is 25.7 Å². The van der Waals surface area contributed by atoms with E-state index in [9.17, 15) is 8.42 Å². The number of aryl methyl sites for hydroxylation is 3. The van der Waals surface area contributed by atoms with Crippen molar-refractivity contribution < 1.29 is 8.42 Å². The fraction of sp³-hybridized carbons (Fsp3) is 0.167. The number of benzene rings is 2. The fourth-order valence-corrected chi connectivity index (χ4v) is 4.49. The summed E-state index contributed by atoms with van der Waals surface area (Å²) in [4.78, 5) is 4.64. The Bertz CT molecular complexity index is 1010. The molecule has 2 N–H and O–H groups in total. The normalized spacial score (nSPS) is 11.3. The van der Waals surface area contributed by atoms with E-state index >= 15 is 0 Å². The summed E-state index contributed by atoms with van der Waals surface area (Å²) in [5.41, 5.74) is 3.83. The summed E-state index contributed by atoms with van der Waals surface area (Å²) in [6, 6.07) is 12.5. The Morgan fingerprint density at radius 3 is 2.48 bits per heavy atom. The molecular formula is C18H19N3O2S2. The van der Waals surface area contributed by atoms with Crippen molar-refractivity contribution in [3.05, 3.63) is 64.7 Å². The zero-order valence-electron chi connectivity index (χ0n) is 14.2. The summed E-state index contributed by atoms with van der Waals surface area (Å²) < 4.78 is 28.1. The Labute approximate surface area is 151 Å². The van der Waals surface area contributed by atoms with Gasteiger partial charge in [-0.25, -0.2) is 13.4 Å². The minimum atomic E-state index is -3.64. The highest BCUT2D eigenvalue weighted by atomic mass is 32.2. The van der Waals surface area contributed by atoms with Crippen LogP contribution in [0.25, 0.3) is 0 Å². The number of hydrogen-bond donors (Lipinski definition) is 2. The molecule has 1 aromatic heterocycles. The van der Waals surface area contributed by atoms with Crippen LogP contribution in [0.15, 0.2) is 52.7 Å². The quantitative estimate of drug-likeness (QED) is 0.685. The third-order valence-corrected chi connectivity index (χ3v) is 6.02. The van der Waals surface area contributed by atoms with Gasteiger partial charge in [0.15, 0.2) is 5.13 Å². The van der Waals surface area contributed by atoms with Gasteiger partial charge in [-0.1, -0.05) is 18.2 Å². The molecule has 0 unspecified atom stereocenters. The highest BCUT2D eigenvalue weighted by Gasteiger charge is 2.17. The van der Waals surface area contributed by atoms with Crippen molar-refractivity contribution in [3.63, 3.8) is 0 Å². The largest absolute Gasteiger partial charge is 0.331 e. The number of nitrogens with one attached hydrogen (secondary N) is 2. The molecule has 1 heterocycles. The molecule has 0 aliphatic heterocycles. The molecule has 3 rings (SSSR count). The predicted molar refractivity (Wildman–Crippen MR) is 103 cm³/mol. The zero-order valence-corrected chi connectivity index (χ0v) is 15.8. The minimum absolute atomic E-state index is 0.293. The second-order valence-corrected chi connectivity index (χ2v) is 8.38. The lowest BCUT2D eigenvalue weighted by atomic mass is 10.2. The van der Waals surface area contributed by atoms with E-state index in [4.69, 9.17) is 0 Å². The number of nitrogens with zero attached hydrogens (tertiary/aromatic N) is 1. The van der Waals surface area contributed by atoms with E-state index in [0.717, 1.165) is 22.1 Å². The molecule has 0 saturated heterocycles. The molecule has 130 valence electrons. The Morgan fingerprint density at radius 2 is 1.76 bits per heavy atom. The molecule has 3 aromatic rings. The van der Waals surface area contributed by atoms with Gasteiger partial charge in [-0.3, -0.25) is 4.72 Å². The molecule has 0 atom stereocenters. The monoisotopic (exact) mass is 373 g/mol. The Hall–Kier alpha value is -2.38. The van der Waals surface area contributed by atoms with Crippen molar-refractivity contribution in [2.24, 2.45) is 0 Å². The lowest BCUT2D eigenvalue weighted by molar-refractivity contribution is 0.600. The van der Waals surface area contributed by atoms with Gasteiger partial charge in [0.1, 0.15) is 0 Å². The summed E-state index contributed by atoms with van der Waals surface area (Å²) in [6.07, 6.45) is 0. The third-order valence-electron chi connectivity index (χ3n) is 3.62. The summed E-state index contributed by atoms with van der Waals surface area (Å²) in [5.74, 6) is 0. The molecule has 0 spiro atoms. The molecule has 0 fully saturated rings. The van der Waals surface area contributed by atoms with Crippen molar-refractivity contribution in [2.75, 3.05) is 10.0 Å². The van der Waals surface area contributed by atoms with Crippen molar-refractivity contribution in [3.8, 4) is 0 Å². The topological polar surface area (TPSA) is 71.1 Å². The molecule has 0 aliphatic carbocycles. The van der Waals surface area contributed by atoms with Crippen molar-refractivity contribution >= 4 is 37.9 Å². The van der Waals surface area contributed by atoms with Crippen LogP contribution in [0.2, 0.25) is 0 Å². The van der Waals surface area contributed by atoms with Crippen molar-refractivity contribution in [1.82, 2.24) is 4.98 Å². The highest BCUT2D eigenvalue weighted by Crippen LogP contribution is 2.25. The van der Waals surface area contributed by atoms with Crippen LogP contribution in [0, 0.1) is 20.8 Å². The van der Waals surface area contributed by atoms with E-state index < -0.39 is 10.0 Å². The van der Waals surface area contributed by atoms with E-state index in [1.807, 2.05) is 37.4 Å². The first kappa shape index (κ1) is 17.4. The van der Waals surface area contributed by atoms with E-state index in [0.29, 0.717) is 16.1 Å². The van der Waals surface area contributed by atoms with Gasteiger partial charge in [-0.05, 0) is 56.2 Å². The number of rotatable bonds is 5. The molecule has 0 aliphatic rings. The number of aromatic nitrogens is 1. The van der Waals surface area contributed by atoms with Gasteiger partial charge in [0.25, 0.3) is 10.0 Å². The Kier molecular flexibility index (Phi) is 4.78. The molecule has 25 heavy (non-hydrogen) atoms. The van der Waals surface area contributed by atoms with E-state index in [1.54, 1.807) is 31.2 Å². The fourth-order valence-electron chi connectivity index (χ4n) is 2.40. The molecule has 0 amide bonds. The van der Waals surface area contributed by atoms with Crippen LogP contribution < -0.4 is 10.0 Å². The second kappa shape index (κ2) is 6.85. The zero-order chi connectivity index (χ0) is 18.0. The number of hydrogen-bond acceptors (Lipinski definition) is 5. The minimum Gasteiger partial charge on any atom is -0.331 e. The smallest absolute Gasteiger partial charge is 0.262 e.